The molecule has 0 radical (unpaired) electrons. The van der Waals surface area contributed by atoms with Crippen LogP contribution in [0.25, 0.3) is 0 Å². The Morgan fingerprint density at radius 1 is 1.14 bits per heavy atom. The number of hydrogen-bond acceptors (Lipinski definition) is 3. The van der Waals surface area contributed by atoms with Gasteiger partial charge in [0.25, 0.3) is 0 Å². The van der Waals surface area contributed by atoms with Gasteiger partial charge in [-0.2, -0.15) is 0 Å². The van der Waals surface area contributed by atoms with E-state index in [0.29, 0.717) is 18.2 Å². The van der Waals surface area contributed by atoms with Crippen LogP contribution in [0.1, 0.15) is 18.9 Å². The summed E-state index contributed by atoms with van der Waals surface area (Å²) in [5.74, 6) is 1.58. The summed E-state index contributed by atoms with van der Waals surface area (Å²) in [6, 6.07) is 13.7. The van der Waals surface area contributed by atoms with E-state index in [-0.39, 0.29) is 0 Å². The van der Waals surface area contributed by atoms with E-state index in [0.717, 1.165) is 29.2 Å². The van der Waals surface area contributed by atoms with Gasteiger partial charge in [-0.15, -0.1) is 0 Å². The first-order valence-electron chi connectivity index (χ1n) is 7.02. The third-order valence-corrected chi connectivity index (χ3v) is 3.32. The molecule has 0 atom stereocenters. The Morgan fingerprint density at radius 3 is 2.71 bits per heavy atom. The summed E-state index contributed by atoms with van der Waals surface area (Å²) < 4.78 is 10.8. The van der Waals surface area contributed by atoms with Crippen LogP contribution in [0.15, 0.2) is 42.5 Å². The van der Waals surface area contributed by atoms with Gasteiger partial charge in [-0.25, -0.2) is 0 Å². The number of nitrogens with one attached hydrogen (secondary N) is 1. The molecule has 0 spiro atoms. The van der Waals surface area contributed by atoms with E-state index in [1.54, 1.807) is 7.11 Å². The molecule has 2 aromatic rings. The van der Waals surface area contributed by atoms with Crippen molar-refractivity contribution in [3.63, 3.8) is 0 Å². The van der Waals surface area contributed by atoms with Crippen molar-refractivity contribution in [3.05, 3.63) is 53.1 Å². The molecule has 0 amide bonds. The van der Waals surface area contributed by atoms with E-state index < -0.39 is 0 Å². The van der Waals surface area contributed by atoms with Gasteiger partial charge in [-0.1, -0.05) is 30.7 Å². The van der Waals surface area contributed by atoms with Gasteiger partial charge < -0.3 is 14.8 Å². The summed E-state index contributed by atoms with van der Waals surface area (Å²) in [6.07, 6.45) is 0.964. The molecular formula is C17H20ClNO2. The molecule has 3 nitrogen and oxygen atoms in total. The summed E-state index contributed by atoms with van der Waals surface area (Å²) in [5, 5.41) is 3.96. The van der Waals surface area contributed by atoms with Crippen LogP contribution in [-0.4, -0.2) is 13.7 Å². The van der Waals surface area contributed by atoms with Crippen molar-refractivity contribution in [1.29, 1.82) is 0 Å². The van der Waals surface area contributed by atoms with Gasteiger partial charge in [0.2, 0.25) is 0 Å². The van der Waals surface area contributed by atoms with E-state index in [1.165, 1.54) is 0 Å². The van der Waals surface area contributed by atoms with Crippen LogP contribution in [0.2, 0.25) is 5.02 Å². The fourth-order valence-electron chi connectivity index (χ4n) is 1.93. The molecule has 0 unspecified atom stereocenters. The number of halogens is 1. The molecule has 0 bridgehead atoms. The van der Waals surface area contributed by atoms with Gasteiger partial charge in [0, 0.05) is 12.2 Å². The smallest absolute Gasteiger partial charge is 0.138 e. The van der Waals surface area contributed by atoms with Crippen molar-refractivity contribution in [3.8, 4) is 11.5 Å². The maximum Gasteiger partial charge on any atom is 0.138 e. The zero-order chi connectivity index (χ0) is 15.1. The maximum absolute atomic E-state index is 6.21. The van der Waals surface area contributed by atoms with E-state index >= 15 is 0 Å². The largest absolute Gasteiger partial charge is 0.497 e. The number of anilines is 1. The minimum atomic E-state index is 0.624. The molecule has 2 rings (SSSR count). The van der Waals surface area contributed by atoms with E-state index in [1.807, 2.05) is 36.4 Å². The number of benzene rings is 2. The standard InChI is InChI=1S/C17H20ClNO2/c1-3-9-21-17-8-7-14(11-16(17)18)19-12-13-5-4-6-15(10-13)20-2/h4-8,10-11,19H,3,9,12H2,1-2H3. The van der Waals surface area contributed by atoms with Crippen molar-refractivity contribution in [2.45, 2.75) is 19.9 Å². The fourth-order valence-corrected chi connectivity index (χ4v) is 2.16. The Labute approximate surface area is 130 Å². The highest BCUT2D eigenvalue weighted by Crippen LogP contribution is 2.28. The quantitative estimate of drug-likeness (QED) is 0.800. The Bertz CT molecular complexity index is 587. The number of methoxy groups -OCH3 is 1. The van der Waals surface area contributed by atoms with Crippen LogP contribution in [0, 0.1) is 0 Å². The normalized spacial score (nSPS) is 10.2. The highest BCUT2D eigenvalue weighted by Gasteiger charge is 2.03. The first kappa shape index (κ1) is 15.5. The number of rotatable bonds is 7. The molecule has 21 heavy (non-hydrogen) atoms. The Morgan fingerprint density at radius 2 is 2.00 bits per heavy atom. The van der Waals surface area contributed by atoms with Crippen LogP contribution in [0.5, 0.6) is 11.5 Å². The Kier molecular flexibility index (Phi) is 5.76. The second-order valence-corrected chi connectivity index (χ2v) is 5.11. The molecule has 0 aliphatic carbocycles. The van der Waals surface area contributed by atoms with Crippen LogP contribution < -0.4 is 14.8 Å². The third kappa shape index (κ3) is 4.57. The Hall–Kier alpha value is -1.87. The van der Waals surface area contributed by atoms with Gasteiger partial charge in [-0.05, 0) is 42.3 Å². The summed E-state index contributed by atoms with van der Waals surface area (Å²) in [6.45, 7) is 3.46. The lowest BCUT2D eigenvalue weighted by atomic mass is 10.2. The van der Waals surface area contributed by atoms with E-state index in [4.69, 9.17) is 21.1 Å². The summed E-state index contributed by atoms with van der Waals surface area (Å²) >= 11 is 6.21. The summed E-state index contributed by atoms with van der Waals surface area (Å²) in [7, 11) is 1.67. The molecule has 112 valence electrons. The molecule has 4 heteroatoms. The summed E-state index contributed by atoms with van der Waals surface area (Å²) in [5.41, 5.74) is 2.11. The van der Waals surface area contributed by atoms with Gasteiger partial charge in [0.05, 0.1) is 18.7 Å². The topological polar surface area (TPSA) is 30.5 Å². The minimum absolute atomic E-state index is 0.624. The molecule has 0 saturated heterocycles. The van der Waals surface area contributed by atoms with Crippen molar-refractivity contribution in [1.82, 2.24) is 0 Å². The van der Waals surface area contributed by atoms with Crippen molar-refractivity contribution in [2.75, 3.05) is 19.0 Å². The lowest BCUT2D eigenvalue weighted by Gasteiger charge is -2.11. The van der Waals surface area contributed by atoms with Gasteiger partial charge in [0.15, 0.2) is 0 Å². The number of ether oxygens (including phenoxy) is 2. The molecule has 0 fully saturated rings. The lowest BCUT2D eigenvalue weighted by molar-refractivity contribution is 0.317. The SMILES string of the molecule is CCCOc1ccc(NCc2cccc(OC)c2)cc1Cl. The van der Waals surface area contributed by atoms with Crippen molar-refractivity contribution >= 4 is 17.3 Å². The number of hydrogen-bond donors (Lipinski definition) is 1. The zero-order valence-corrected chi connectivity index (χ0v) is 13.1. The molecule has 0 aliphatic rings. The average molecular weight is 306 g/mol. The monoisotopic (exact) mass is 305 g/mol. The van der Waals surface area contributed by atoms with E-state index in [2.05, 4.69) is 18.3 Å². The van der Waals surface area contributed by atoms with Crippen LogP contribution in [0.4, 0.5) is 5.69 Å². The van der Waals surface area contributed by atoms with Gasteiger partial charge >= 0.3 is 0 Å². The highest BCUT2D eigenvalue weighted by atomic mass is 35.5. The molecule has 0 saturated carbocycles. The first-order valence-corrected chi connectivity index (χ1v) is 7.40. The van der Waals surface area contributed by atoms with Crippen LogP contribution in [0.3, 0.4) is 0 Å². The molecule has 0 heterocycles. The van der Waals surface area contributed by atoms with E-state index in [9.17, 15) is 0 Å². The predicted molar refractivity (Wildman–Crippen MR) is 87.6 cm³/mol. The fraction of sp³-hybridized carbons (Fsp3) is 0.294. The Balaban J connectivity index is 1.98. The second-order valence-electron chi connectivity index (χ2n) is 4.70. The van der Waals surface area contributed by atoms with Gasteiger partial charge in [-0.3, -0.25) is 0 Å². The molecule has 0 aromatic heterocycles. The van der Waals surface area contributed by atoms with Crippen molar-refractivity contribution in [2.24, 2.45) is 0 Å². The predicted octanol–water partition coefficient (Wildman–Crippen LogP) is 4.75. The summed E-state index contributed by atoms with van der Waals surface area (Å²) in [4.78, 5) is 0. The second kappa shape index (κ2) is 7.79. The molecular weight excluding hydrogens is 286 g/mol. The average Bonchev–Trinajstić information content (AvgIpc) is 2.52. The van der Waals surface area contributed by atoms with Crippen LogP contribution in [-0.2, 0) is 6.54 Å². The third-order valence-electron chi connectivity index (χ3n) is 3.02. The van der Waals surface area contributed by atoms with Crippen LogP contribution >= 0.6 is 11.6 Å². The maximum atomic E-state index is 6.21. The first-order chi connectivity index (χ1) is 10.2. The van der Waals surface area contributed by atoms with Gasteiger partial charge in [0.1, 0.15) is 11.5 Å². The molecule has 2 aromatic carbocycles. The molecule has 1 N–H and O–H groups in total. The minimum Gasteiger partial charge on any atom is -0.497 e. The molecule has 0 aliphatic heterocycles. The van der Waals surface area contributed by atoms with Crippen molar-refractivity contribution < 1.29 is 9.47 Å². The highest BCUT2D eigenvalue weighted by molar-refractivity contribution is 6.32. The zero-order valence-electron chi connectivity index (χ0n) is 12.4. The lowest BCUT2D eigenvalue weighted by Crippen LogP contribution is -2.00.